The lowest BCUT2D eigenvalue weighted by atomic mass is 9.85. The van der Waals surface area contributed by atoms with E-state index in [2.05, 4.69) is 0 Å². The molecule has 2 heterocycles. The number of hydrazine groups is 1. The van der Waals surface area contributed by atoms with E-state index in [0.717, 1.165) is 36.8 Å². The van der Waals surface area contributed by atoms with Crippen LogP contribution in [0.15, 0.2) is 84.9 Å². The molecule has 212 valence electrons. The van der Waals surface area contributed by atoms with Gasteiger partial charge in [-0.25, -0.2) is 10.0 Å². The van der Waals surface area contributed by atoms with Gasteiger partial charge in [-0.05, 0) is 48.2 Å². The molecule has 0 fully saturated rings. The number of nitrogens with zero attached hydrogens (tertiary/aromatic N) is 3. The van der Waals surface area contributed by atoms with Crippen LogP contribution in [-0.4, -0.2) is 44.6 Å². The van der Waals surface area contributed by atoms with E-state index in [9.17, 15) is 19.2 Å². The highest BCUT2D eigenvalue weighted by Crippen LogP contribution is 2.39. The van der Waals surface area contributed by atoms with Gasteiger partial charge < -0.3 is 0 Å². The molecule has 0 saturated heterocycles. The Morgan fingerprint density at radius 3 is 1.31 bits per heavy atom. The monoisotopic (exact) mass is 559 g/mol. The molecule has 0 N–H and O–H groups in total. The Balaban J connectivity index is 1.44. The standard InChI is InChI=1S/C35H33N3O4/c1-3-11-25(12-4-2)37-32(39)26-17-19-28-31-29(20-18-27(30(26)31)33(37)40)35(42)38(34(28)41)36(21-23-13-7-5-8-14-23)22-24-15-9-6-10-16-24/h5-10,13-20,25H,3-4,11-12,21-22H2,1-2H3. The molecular formula is C35H33N3O4. The summed E-state index contributed by atoms with van der Waals surface area (Å²) in [6.07, 6.45) is 3.15. The average Bonchev–Trinajstić information content (AvgIpc) is 3.00. The molecule has 0 unspecified atom stereocenters. The van der Waals surface area contributed by atoms with Crippen molar-refractivity contribution in [2.45, 2.75) is 58.7 Å². The van der Waals surface area contributed by atoms with Crippen molar-refractivity contribution in [3.63, 3.8) is 0 Å². The van der Waals surface area contributed by atoms with Crippen molar-refractivity contribution in [3.05, 3.63) is 118 Å². The molecule has 0 radical (unpaired) electrons. The van der Waals surface area contributed by atoms with Gasteiger partial charge >= 0.3 is 0 Å². The van der Waals surface area contributed by atoms with Crippen LogP contribution in [0.4, 0.5) is 0 Å². The molecule has 0 spiro atoms. The van der Waals surface area contributed by atoms with Crippen LogP contribution in [0.2, 0.25) is 0 Å². The van der Waals surface area contributed by atoms with Crippen LogP contribution in [0.3, 0.4) is 0 Å². The molecule has 42 heavy (non-hydrogen) atoms. The number of benzene rings is 4. The van der Waals surface area contributed by atoms with Gasteiger partial charge in [0.25, 0.3) is 23.6 Å². The van der Waals surface area contributed by atoms with Crippen LogP contribution in [0, 0.1) is 0 Å². The van der Waals surface area contributed by atoms with E-state index in [1.54, 1.807) is 29.3 Å². The first-order chi connectivity index (χ1) is 20.4. The SMILES string of the molecule is CCCC(CCC)N1C(=O)c2ccc3c4c(ccc(c24)C1=O)C(=O)N(N(Cc1ccccc1)Cc1ccccc1)C3=O. The minimum absolute atomic E-state index is 0.196. The summed E-state index contributed by atoms with van der Waals surface area (Å²) in [6.45, 7) is 4.76. The van der Waals surface area contributed by atoms with Crippen LogP contribution in [0.25, 0.3) is 10.8 Å². The molecule has 4 amide bonds. The van der Waals surface area contributed by atoms with E-state index >= 15 is 0 Å². The smallest absolute Gasteiger partial charge is 0.271 e. The summed E-state index contributed by atoms with van der Waals surface area (Å²) in [4.78, 5) is 57.3. The lowest BCUT2D eigenvalue weighted by Gasteiger charge is -2.38. The van der Waals surface area contributed by atoms with Gasteiger partial charge in [-0.2, -0.15) is 0 Å². The Bertz CT molecular complexity index is 1580. The van der Waals surface area contributed by atoms with Gasteiger partial charge in [0.1, 0.15) is 0 Å². The predicted octanol–water partition coefficient (Wildman–Crippen LogP) is 6.62. The third kappa shape index (κ3) is 4.60. The first-order valence-corrected chi connectivity index (χ1v) is 14.6. The fraction of sp³-hybridized carbons (Fsp3) is 0.257. The lowest BCUT2D eigenvalue weighted by Crippen LogP contribution is -2.52. The molecule has 0 bridgehead atoms. The van der Waals surface area contributed by atoms with E-state index in [-0.39, 0.29) is 17.9 Å². The number of imide groups is 2. The van der Waals surface area contributed by atoms with Crippen LogP contribution in [0.1, 0.15) is 92.1 Å². The van der Waals surface area contributed by atoms with Gasteiger partial charge in [0.2, 0.25) is 0 Å². The topological polar surface area (TPSA) is 78.0 Å². The van der Waals surface area contributed by atoms with Crippen molar-refractivity contribution in [2.75, 3.05) is 0 Å². The highest BCUT2D eigenvalue weighted by molar-refractivity contribution is 6.33. The molecule has 0 aromatic heterocycles. The number of hydrogen-bond donors (Lipinski definition) is 0. The summed E-state index contributed by atoms with van der Waals surface area (Å²) in [6, 6.07) is 25.8. The third-order valence-electron chi connectivity index (χ3n) is 8.21. The zero-order valence-corrected chi connectivity index (χ0v) is 23.9. The predicted molar refractivity (Wildman–Crippen MR) is 161 cm³/mol. The Morgan fingerprint density at radius 1 is 0.548 bits per heavy atom. The minimum atomic E-state index is -0.472. The highest BCUT2D eigenvalue weighted by Gasteiger charge is 2.42. The van der Waals surface area contributed by atoms with Gasteiger partial charge in [0.15, 0.2) is 0 Å². The van der Waals surface area contributed by atoms with E-state index in [1.165, 1.54) is 9.91 Å². The minimum Gasteiger partial charge on any atom is -0.271 e. The first kappa shape index (κ1) is 27.5. The van der Waals surface area contributed by atoms with Crippen molar-refractivity contribution in [1.82, 2.24) is 14.9 Å². The zero-order valence-electron chi connectivity index (χ0n) is 23.9. The van der Waals surface area contributed by atoms with Crippen LogP contribution >= 0.6 is 0 Å². The molecule has 0 atom stereocenters. The van der Waals surface area contributed by atoms with E-state index in [0.29, 0.717) is 46.1 Å². The molecule has 2 aliphatic rings. The summed E-state index contributed by atoms with van der Waals surface area (Å²) >= 11 is 0. The maximum Gasteiger partial charge on any atom is 0.276 e. The average molecular weight is 560 g/mol. The molecule has 4 aromatic rings. The summed E-state index contributed by atoms with van der Waals surface area (Å²) in [5.74, 6) is -1.67. The molecular weight excluding hydrogens is 526 g/mol. The molecule has 4 aromatic carbocycles. The van der Waals surface area contributed by atoms with Crippen molar-refractivity contribution >= 4 is 34.4 Å². The third-order valence-corrected chi connectivity index (χ3v) is 8.21. The Hall–Kier alpha value is -4.62. The lowest BCUT2D eigenvalue weighted by molar-refractivity contribution is -0.0120. The quantitative estimate of drug-likeness (QED) is 0.204. The fourth-order valence-corrected chi connectivity index (χ4v) is 6.32. The van der Waals surface area contributed by atoms with Gasteiger partial charge in [0.05, 0.1) is 11.1 Å². The maximum absolute atomic E-state index is 14.2. The summed E-state index contributed by atoms with van der Waals surface area (Å²) in [5, 5.41) is 3.77. The van der Waals surface area contributed by atoms with E-state index in [1.807, 2.05) is 74.5 Å². The molecule has 6 rings (SSSR count). The van der Waals surface area contributed by atoms with Crippen molar-refractivity contribution < 1.29 is 19.2 Å². The van der Waals surface area contributed by atoms with Gasteiger partial charge in [-0.1, -0.05) is 87.4 Å². The number of hydrogen-bond acceptors (Lipinski definition) is 5. The van der Waals surface area contributed by atoms with Gasteiger partial charge in [0, 0.05) is 41.0 Å². The second-order valence-electron chi connectivity index (χ2n) is 11.0. The Kier molecular flexibility index (Phi) is 7.43. The van der Waals surface area contributed by atoms with E-state index < -0.39 is 11.8 Å². The van der Waals surface area contributed by atoms with E-state index in [4.69, 9.17) is 0 Å². The molecule has 2 aliphatic heterocycles. The molecule has 0 saturated carbocycles. The van der Waals surface area contributed by atoms with Crippen molar-refractivity contribution in [3.8, 4) is 0 Å². The summed E-state index contributed by atoms with van der Waals surface area (Å²) < 4.78 is 0. The number of rotatable bonds is 10. The number of carbonyl (C=O) groups is 4. The first-order valence-electron chi connectivity index (χ1n) is 14.6. The van der Waals surface area contributed by atoms with Gasteiger partial charge in [-0.3, -0.25) is 24.1 Å². The second kappa shape index (κ2) is 11.3. The zero-order chi connectivity index (χ0) is 29.4. The summed E-state index contributed by atoms with van der Waals surface area (Å²) in [7, 11) is 0. The van der Waals surface area contributed by atoms with Gasteiger partial charge in [-0.15, -0.1) is 0 Å². The summed E-state index contributed by atoms with van der Waals surface area (Å²) in [5.41, 5.74) is 3.25. The normalized spacial score (nSPS) is 14.6. The maximum atomic E-state index is 14.2. The fourth-order valence-electron chi connectivity index (χ4n) is 6.32. The van der Waals surface area contributed by atoms with Crippen molar-refractivity contribution in [2.24, 2.45) is 0 Å². The molecule has 7 nitrogen and oxygen atoms in total. The molecule has 0 aliphatic carbocycles. The highest BCUT2D eigenvalue weighted by atomic mass is 16.2. The Labute approximate surface area is 245 Å². The second-order valence-corrected chi connectivity index (χ2v) is 11.0. The Morgan fingerprint density at radius 2 is 0.929 bits per heavy atom. The number of carbonyl (C=O) groups excluding carboxylic acids is 4. The largest absolute Gasteiger partial charge is 0.276 e. The molecule has 7 heteroatoms. The van der Waals surface area contributed by atoms with Crippen LogP contribution in [-0.2, 0) is 13.1 Å². The van der Waals surface area contributed by atoms with Crippen molar-refractivity contribution in [1.29, 1.82) is 0 Å². The van der Waals surface area contributed by atoms with Crippen LogP contribution < -0.4 is 0 Å². The van der Waals surface area contributed by atoms with Crippen LogP contribution in [0.5, 0.6) is 0 Å². The number of amides is 4.